The minimum Gasteiger partial charge on any atom is -0.317 e. The third kappa shape index (κ3) is 4.05. The molecule has 96 valence electrons. The fourth-order valence-electron chi connectivity index (χ4n) is 2.41. The smallest absolute Gasteiger partial charge is 0.0897 e. The van der Waals surface area contributed by atoms with Gasteiger partial charge in [0.15, 0.2) is 0 Å². The largest absolute Gasteiger partial charge is 0.317 e. The van der Waals surface area contributed by atoms with Crippen LogP contribution in [0.4, 0.5) is 0 Å². The first kappa shape index (κ1) is 13.0. The molecule has 0 aliphatic carbocycles. The molecular formula is C13H23N3S. The highest BCUT2D eigenvalue weighted by atomic mass is 32.1. The first-order valence-corrected chi connectivity index (χ1v) is 7.50. The molecule has 0 unspecified atom stereocenters. The fraction of sp³-hybridized carbons (Fsp3) is 0.769. The van der Waals surface area contributed by atoms with Crippen LogP contribution < -0.4 is 5.32 Å². The molecule has 1 fully saturated rings. The summed E-state index contributed by atoms with van der Waals surface area (Å²) in [6.45, 7) is 10.0. The molecule has 0 amide bonds. The Labute approximate surface area is 108 Å². The Morgan fingerprint density at radius 3 is 2.82 bits per heavy atom. The lowest BCUT2D eigenvalue weighted by atomic mass is 9.97. The van der Waals surface area contributed by atoms with Crippen molar-refractivity contribution in [2.24, 2.45) is 5.92 Å². The van der Waals surface area contributed by atoms with Crippen molar-refractivity contribution in [1.82, 2.24) is 15.2 Å². The summed E-state index contributed by atoms with van der Waals surface area (Å²) in [5.41, 5.74) is 1.25. The Kier molecular flexibility index (Phi) is 4.95. The second-order valence-corrected chi connectivity index (χ2v) is 5.95. The van der Waals surface area contributed by atoms with Gasteiger partial charge in [-0.15, -0.1) is 11.3 Å². The first-order valence-electron chi connectivity index (χ1n) is 6.62. The molecule has 17 heavy (non-hydrogen) atoms. The Morgan fingerprint density at radius 1 is 1.47 bits per heavy atom. The quantitative estimate of drug-likeness (QED) is 0.872. The number of thiazole rings is 1. The molecule has 2 heterocycles. The van der Waals surface area contributed by atoms with E-state index >= 15 is 0 Å². The van der Waals surface area contributed by atoms with E-state index in [2.05, 4.69) is 34.4 Å². The van der Waals surface area contributed by atoms with E-state index in [9.17, 15) is 0 Å². The molecule has 1 aromatic rings. The fourth-order valence-corrected chi connectivity index (χ4v) is 3.01. The molecule has 0 radical (unpaired) electrons. The Balaban J connectivity index is 1.72. The van der Waals surface area contributed by atoms with Gasteiger partial charge in [0.05, 0.1) is 10.7 Å². The lowest BCUT2D eigenvalue weighted by Crippen LogP contribution is -2.36. The zero-order valence-electron chi connectivity index (χ0n) is 10.9. The molecule has 1 aromatic heterocycles. The maximum absolute atomic E-state index is 4.54. The van der Waals surface area contributed by atoms with E-state index < -0.39 is 0 Å². The number of aryl methyl sites for hydroxylation is 1. The zero-order valence-corrected chi connectivity index (χ0v) is 11.7. The Hall–Kier alpha value is -0.450. The third-order valence-corrected chi connectivity index (χ3v) is 4.26. The molecule has 0 atom stereocenters. The third-order valence-electron chi connectivity index (χ3n) is 3.44. The number of piperidine rings is 1. The lowest BCUT2D eigenvalue weighted by molar-refractivity contribution is 0.174. The van der Waals surface area contributed by atoms with Gasteiger partial charge in [0.2, 0.25) is 0 Å². The SMILES string of the molecule is CCNCC1CCN(Cc2csc(C)n2)CC1. The number of nitrogens with one attached hydrogen (secondary N) is 1. The van der Waals surface area contributed by atoms with E-state index in [1.54, 1.807) is 11.3 Å². The standard InChI is InChI=1S/C13H23N3S/c1-3-14-8-12-4-6-16(7-5-12)9-13-10-17-11(2)15-13/h10,12,14H,3-9H2,1-2H3. The van der Waals surface area contributed by atoms with Crippen LogP contribution in [-0.4, -0.2) is 36.1 Å². The number of likely N-dealkylation sites (tertiary alicyclic amines) is 1. The number of nitrogens with zero attached hydrogens (tertiary/aromatic N) is 2. The molecule has 1 N–H and O–H groups in total. The van der Waals surface area contributed by atoms with Gasteiger partial charge in [-0.2, -0.15) is 0 Å². The molecule has 4 heteroatoms. The average Bonchev–Trinajstić information content (AvgIpc) is 2.74. The number of hydrogen-bond donors (Lipinski definition) is 1. The summed E-state index contributed by atoms with van der Waals surface area (Å²) in [6, 6.07) is 0. The molecule has 0 spiro atoms. The zero-order chi connectivity index (χ0) is 12.1. The van der Waals surface area contributed by atoms with Crippen LogP contribution in [0.25, 0.3) is 0 Å². The predicted molar refractivity (Wildman–Crippen MR) is 73.4 cm³/mol. The van der Waals surface area contributed by atoms with Crippen molar-refractivity contribution >= 4 is 11.3 Å². The molecule has 0 saturated carbocycles. The second kappa shape index (κ2) is 6.47. The van der Waals surface area contributed by atoms with Crippen LogP contribution >= 0.6 is 11.3 Å². The van der Waals surface area contributed by atoms with Crippen molar-refractivity contribution in [2.75, 3.05) is 26.2 Å². The monoisotopic (exact) mass is 253 g/mol. The normalized spacial score (nSPS) is 18.7. The van der Waals surface area contributed by atoms with Crippen molar-refractivity contribution in [3.8, 4) is 0 Å². The maximum atomic E-state index is 4.54. The van der Waals surface area contributed by atoms with Gasteiger partial charge in [-0.1, -0.05) is 6.92 Å². The van der Waals surface area contributed by atoms with Crippen LogP contribution in [-0.2, 0) is 6.54 Å². The number of aromatic nitrogens is 1. The van der Waals surface area contributed by atoms with Crippen molar-refractivity contribution < 1.29 is 0 Å². The van der Waals surface area contributed by atoms with Crippen LogP contribution in [0.5, 0.6) is 0 Å². The molecule has 2 rings (SSSR count). The maximum Gasteiger partial charge on any atom is 0.0897 e. The van der Waals surface area contributed by atoms with Gasteiger partial charge in [-0.25, -0.2) is 4.98 Å². The predicted octanol–water partition coefficient (Wildman–Crippen LogP) is 2.27. The van der Waals surface area contributed by atoms with Gasteiger partial charge in [0.25, 0.3) is 0 Å². The van der Waals surface area contributed by atoms with Crippen molar-refractivity contribution in [3.05, 3.63) is 16.1 Å². The topological polar surface area (TPSA) is 28.2 Å². The van der Waals surface area contributed by atoms with Crippen LogP contribution in [0.2, 0.25) is 0 Å². The number of hydrogen-bond acceptors (Lipinski definition) is 4. The van der Waals surface area contributed by atoms with E-state index in [-0.39, 0.29) is 0 Å². The van der Waals surface area contributed by atoms with Crippen LogP contribution in [0.3, 0.4) is 0 Å². The summed E-state index contributed by atoms with van der Waals surface area (Å²) < 4.78 is 0. The Morgan fingerprint density at radius 2 is 2.24 bits per heavy atom. The summed E-state index contributed by atoms with van der Waals surface area (Å²) >= 11 is 1.76. The summed E-state index contributed by atoms with van der Waals surface area (Å²) in [4.78, 5) is 7.08. The minimum absolute atomic E-state index is 0.878. The first-order chi connectivity index (χ1) is 8.28. The highest BCUT2D eigenvalue weighted by Crippen LogP contribution is 2.19. The van der Waals surface area contributed by atoms with Crippen LogP contribution in [0.15, 0.2) is 5.38 Å². The molecule has 1 aliphatic heterocycles. The van der Waals surface area contributed by atoms with Gasteiger partial charge in [-0.05, 0) is 51.9 Å². The van der Waals surface area contributed by atoms with E-state index in [4.69, 9.17) is 0 Å². The van der Waals surface area contributed by atoms with Gasteiger partial charge in [0, 0.05) is 11.9 Å². The molecule has 1 saturated heterocycles. The van der Waals surface area contributed by atoms with Crippen LogP contribution in [0, 0.1) is 12.8 Å². The van der Waals surface area contributed by atoms with E-state index in [0.717, 1.165) is 19.0 Å². The molecule has 0 aromatic carbocycles. The summed E-state index contributed by atoms with van der Waals surface area (Å²) in [5, 5.41) is 6.83. The van der Waals surface area contributed by atoms with Crippen molar-refractivity contribution in [1.29, 1.82) is 0 Å². The molecule has 0 bridgehead atoms. The van der Waals surface area contributed by atoms with Gasteiger partial charge < -0.3 is 5.32 Å². The minimum atomic E-state index is 0.878. The van der Waals surface area contributed by atoms with Crippen molar-refractivity contribution in [3.63, 3.8) is 0 Å². The highest BCUT2D eigenvalue weighted by molar-refractivity contribution is 7.09. The molecule has 1 aliphatic rings. The Bertz CT molecular complexity index is 329. The van der Waals surface area contributed by atoms with Gasteiger partial charge >= 0.3 is 0 Å². The highest BCUT2D eigenvalue weighted by Gasteiger charge is 2.19. The van der Waals surface area contributed by atoms with Crippen molar-refractivity contribution in [2.45, 2.75) is 33.2 Å². The lowest BCUT2D eigenvalue weighted by Gasteiger charge is -2.31. The second-order valence-electron chi connectivity index (χ2n) is 4.89. The number of rotatable bonds is 5. The summed E-state index contributed by atoms with van der Waals surface area (Å²) in [6.07, 6.45) is 2.66. The average molecular weight is 253 g/mol. The molecule has 3 nitrogen and oxygen atoms in total. The molecular weight excluding hydrogens is 230 g/mol. The summed E-state index contributed by atoms with van der Waals surface area (Å²) in [5.74, 6) is 0.878. The van der Waals surface area contributed by atoms with Gasteiger partial charge in [0.1, 0.15) is 0 Å². The summed E-state index contributed by atoms with van der Waals surface area (Å²) in [7, 11) is 0. The van der Waals surface area contributed by atoms with E-state index in [1.165, 1.54) is 43.2 Å². The van der Waals surface area contributed by atoms with Crippen LogP contribution in [0.1, 0.15) is 30.5 Å². The van der Waals surface area contributed by atoms with Gasteiger partial charge in [-0.3, -0.25) is 4.90 Å². The van der Waals surface area contributed by atoms with E-state index in [0.29, 0.717) is 0 Å². The van der Waals surface area contributed by atoms with E-state index in [1.807, 2.05) is 0 Å².